The molecule has 0 aromatic heterocycles. The minimum absolute atomic E-state index is 0.316. The molecule has 1 aliphatic heterocycles. The van der Waals surface area contributed by atoms with Crippen molar-refractivity contribution in [3.05, 3.63) is 22.2 Å². The summed E-state index contributed by atoms with van der Waals surface area (Å²) in [4.78, 5) is 0. The zero-order valence-electron chi connectivity index (χ0n) is 10.7. The van der Waals surface area contributed by atoms with Crippen LogP contribution in [0.4, 0.5) is 0 Å². The summed E-state index contributed by atoms with van der Waals surface area (Å²) >= 11 is 5.41. The lowest BCUT2D eigenvalue weighted by atomic mass is 10.2. The van der Waals surface area contributed by atoms with Gasteiger partial charge in [0.15, 0.2) is 11.5 Å². The standard InChI is InChI=1S/C13H18BrNO2S/c1-9(18-2)3-4-15-7-10-5-11(14)13-12(6-10)16-8-17-13/h5-6,9,15H,3-4,7-8H2,1-2H3. The number of hydrogen-bond donors (Lipinski definition) is 1. The van der Waals surface area contributed by atoms with Gasteiger partial charge in [0, 0.05) is 11.8 Å². The molecule has 0 amide bonds. The first-order chi connectivity index (χ1) is 8.70. The quantitative estimate of drug-likeness (QED) is 0.809. The highest BCUT2D eigenvalue weighted by Crippen LogP contribution is 2.39. The average molecular weight is 332 g/mol. The SMILES string of the molecule is CSC(C)CCNCc1cc(Br)c2c(c1)OCO2. The van der Waals surface area contributed by atoms with Gasteiger partial charge in [0.25, 0.3) is 0 Å². The van der Waals surface area contributed by atoms with E-state index in [0.29, 0.717) is 12.0 Å². The van der Waals surface area contributed by atoms with Crippen LogP contribution in [-0.4, -0.2) is 24.8 Å². The van der Waals surface area contributed by atoms with Crippen molar-refractivity contribution >= 4 is 27.7 Å². The maximum atomic E-state index is 5.40. The number of benzene rings is 1. The molecule has 2 rings (SSSR count). The fraction of sp³-hybridized carbons (Fsp3) is 0.538. The molecule has 0 aliphatic carbocycles. The Morgan fingerprint density at radius 2 is 2.28 bits per heavy atom. The zero-order valence-corrected chi connectivity index (χ0v) is 13.1. The fourth-order valence-electron chi connectivity index (χ4n) is 1.78. The van der Waals surface area contributed by atoms with Crippen LogP contribution in [0.3, 0.4) is 0 Å². The van der Waals surface area contributed by atoms with Gasteiger partial charge in [-0.05, 0) is 52.8 Å². The van der Waals surface area contributed by atoms with Crippen LogP contribution < -0.4 is 14.8 Å². The molecule has 1 aromatic rings. The molecular formula is C13H18BrNO2S. The molecule has 0 fully saturated rings. The number of ether oxygens (including phenoxy) is 2. The first-order valence-corrected chi connectivity index (χ1v) is 8.10. The van der Waals surface area contributed by atoms with E-state index in [0.717, 1.165) is 29.1 Å². The zero-order chi connectivity index (χ0) is 13.0. The molecule has 0 saturated heterocycles. The van der Waals surface area contributed by atoms with E-state index in [-0.39, 0.29) is 0 Å². The molecule has 18 heavy (non-hydrogen) atoms. The van der Waals surface area contributed by atoms with Crippen molar-refractivity contribution in [1.82, 2.24) is 5.32 Å². The number of rotatable bonds is 6. The molecular weight excluding hydrogens is 314 g/mol. The van der Waals surface area contributed by atoms with Crippen LogP contribution in [0.25, 0.3) is 0 Å². The summed E-state index contributed by atoms with van der Waals surface area (Å²) < 4.78 is 11.7. The number of nitrogens with one attached hydrogen (secondary N) is 1. The molecule has 1 heterocycles. The second-order valence-electron chi connectivity index (χ2n) is 4.32. The van der Waals surface area contributed by atoms with Gasteiger partial charge in [-0.2, -0.15) is 11.8 Å². The van der Waals surface area contributed by atoms with Gasteiger partial charge in [-0.3, -0.25) is 0 Å². The topological polar surface area (TPSA) is 30.5 Å². The van der Waals surface area contributed by atoms with Crippen molar-refractivity contribution in [2.45, 2.75) is 25.1 Å². The van der Waals surface area contributed by atoms with Gasteiger partial charge in [-0.1, -0.05) is 6.92 Å². The second kappa shape index (κ2) is 6.68. The Kier molecular flexibility index (Phi) is 5.21. The third kappa shape index (κ3) is 3.56. The molecule has 1 atom stereocenters. The smallest absolute Gasteiger partial charge is 0.231 e. The largest absolute Gasteiger partial charge is 0.454 e. The number of hydrogen-bond acceptors (Lipinski definition) is 4. The maximum Gasteiger partial charge on any atom is 0.231 e. The van der Waals surface area contributed by atoms with Crippen LogP contribution in [0, 0.1) is 0 Å². The molecule has 5 heteroatoms. The van der Waals surface area contributed by atoms with Gasteiger partial charge in [-0.15, -0.1) is 0 Å². The van der Waals surface area contributed by atoms with E-state index >= 15 is 0 Å². The highest BCUT2D eigenvalue weighted by atomic mass is 79.9. The summed E-state index contributed by atoms with van der Waals surface area (Å²) in [6.45, 7) is 4.46. The van der Waals surface area contributed by atoms with Crippen LogP contribution in [0.2, 0.25) is 0 Å². The lowest BCUT2D eigenvalue weighted by Crippen LogP contribution is -2.17. The van der Waals surface area contributed by atoms with Crippen molar-refractivity contribution < 1.29 is 9.47 Å². The predicted molar refractivity (Wildman–Crippen MR) is 79.6 cm³/mol. The van der Waals surface area contributed by atoms with Crippen LogP contribution in [-0.2, 0) is 6.54 Å². The minimum atomic E-state index is 0.316. The molecule has 0 bridgehead atoms. The molecule has 100 valence electrons. The molecule has 0 spiro atoms. The van der Waals surface area contributed by atoms with E-state index in [4.69, 9.17) is 9.47 Å². The third-order valence-electron chi connectivity index (χ3n) is 2.95. The summed E-state index contributed by atoms with van der Waals surface area (Å²) in [7, 11) is 0. The molecule has 3 nitrogen and oxygen atoms in total. The predicted octanol–water partition coefficient (Wildman–Crippen LogP) is 3.41. The Morgan fingerprint density at radius 3 is 3.06 bits per heavy atom. The normalized spacial score (nSPS) is 14.8. The Bertz CT molecular complexity index is 414. The Hall–Kier alpha value is -0.390. The van der Waals surface area contributed by atoms with Gasteiger partial charge in [0.2, 0.25) is 6.79 Å². The first-order valence-electron chi connectivity index (χ1n) is 6.02. The lowest BCUT2D eigenvalue weighted by molar-refractivity contribution is 0.173. The van der Waals surface area contributed by atoms with Crippen LogP contribution >= 0.6 is 27.7 Å². The summed E-state index contributed by atoms with van der Waals surface area (Å²) in [5, 5.41) is 4.16. The fourth-order valence-corrected chi connectivity index (χ4v) is 2.74. The Labute approximate surface area is 121 Å². The second-order valence-corrected chi connectivity index (χ2v) is 6.45. The van der Waals surface area contributed by atoms with E-state index in [1.165, 1.54) is 12.0 Å². The van der Waals surface area contributed by atoms with Gasteiger partial charge in [0.1, 0.15) is 0 Å². The molecule has 1 N–H and O–H groups in total. The first kappa shape index (κ1) is 14.0. The van der Waals surface area contributed by atoms with Crippen molar-refractivity contribution in [3.8, 4) is 11.5 Å². The summed E-state index contributed by atoms with van der Waals surface area (Å²) in [5.41, 5.74) is 1.21. The van der Waals surface area contributed by atoms with Crippen molar-refractivity contribution in [2.75, 3.05) is 19.6 Å². The van der Waals surface area contributed by atoms with Crippen LogP contribution in [0.5, 0.6) is 11.5 Å². The van der Waals surface area contributed by atoms with Gasteiger partial charge in [0.05, 0.1) is 4.47 Å². The lowest BCUT2D eigenvalue weighted by Gasteiger charge is -2.10. The van der Waals surface area contributed by atoms with Gasteiger partial charge < -0.3 is 14.8 Å². The average Bonchev–Trinajstić information content (AvgIpc) is 2.83. The van der Waals surface area contributed by atoms with E-state index < -0.39 is 0 Å². The number of fused-ring (bicyclic) bond motifs is 1. The monoisotopic (exact) mass is 331 g/mol. The highest BCUT2D eigenvalue weighted by molar-refractivity contribution is 9.10. The Balaban J connectivity index is 1.85. The van der Waals surface area contributed by atoms with Gasteiger partial charge in [-0.25, -0.2) is 0 Å². The molecule has 0 saturated carbocycles. The maximum absolute atomic E-state index is 5.40. The van der Waals surface area contributed by atoms with E-state index in [2.05, 4.69) is 40.5 Å². The number of halogens is 1. The number of thioether (sulfide) groups is 1. The third-order valence-corrected chi connectivity index (χ3v) is 4.58. The van der Waals surface area contributed by atoms with Crippen molar-refractivity contribution in [2.24, 2.45) is 0 Å². The molecule has 0 radical (unpaired) electrons. The van der Waals surface area contributed by atoms with Gasteiger partial charge >= 0.3 is 0 Å². The Morgan fingerprint density at radius 1 is 1.44 bits per heavy atom. The van der Waals surface area contributed by atoms with Crippen LogP contribution in [0.15, 0.2) is 16.6 Å². The highest BCUT2D eigenvalue weighted by Gasteiger charge is 2.17. The van der Waals surface area contributed by atoms with Crippen LogP contribution in [0.1, 0.15) is 18.9 Å². The molecule has 1 unspecified atom stereocenters. The minimum Gasteiger partial charge on any atom is -0.454 e. The van der Waals surface area contributed by atoms with Crippen molar-refractivity contribution in [1.29, 1.82) is 0 Å². The van der Waals surface area contributed by atoms with Crippen molar-refractivity contribution in [3.63, 3.8) is 0 Å². The van der Waals surface area contributed by atoms with E-state index in [9.17, 15) is 0 Å². The van der Waals surface area contributed by atoms with E-state index in [1.54, 1.807) is 0 Å². The molecule has 1 aliphatic rings. The van der Waals surface area contributed by atoms with E-state index in [1.807, 2.05) is 17.8 Å². The summed E-state index contributed by atoms with van der Waals surface area (Å²) in [6, 6.07) is 4.12. The molecule has 1 aromatic carbocycles. The summed E-state index contributed by atoms with van der Waals surface area (Å²) in [5.74, 6) is 1.65. The summed E-state index contributed by atoms with van der Waals surface area (Å²) in [6.07, 6.45) is 3.34.